The quantitative estimate of drug-likeness (QED) is 0.611. The molecule has 0 saturated carbocycles. The second-order valence-corrected chi connectivity index (χ2v) is 9.20. The monoisotopic (exact) mass is 416 g/mol. The first-order chi connectivity index (χ1) is 13.4. The molecule has 0 atom stereocenters. The molecule has 1 aromatic heterocycles. The molecule has 0 spiro atoms. The summed E-state index contributed by atoms with van der Waals surface area (Å²) in [5.74, 6) is 0.773. The van der Waals surface area contributed by atoms with Gasteiger partial charge in [-0.3, -0.25) is 4.79 Å². The lowest BCUT2D eigenvalue weighted by Gasteiger charge is -2.03. The minimum atomic E-state index is -3.41. The number of carbonyl (C=O) groups excluding carboxylic acids is 1. The molecule has 9 heteroatoms. The molecule has 0 saturated heterocycles. The van der Waals surface area contributed by atoms with E-state index in [-0.39, 0.29) is 17.3 Å². The molecular weight excluding hydrogens is 400 g/mol. The summed E-state index contributed by atoms with van der Waals surface area (Å²) in [6, 6.07) is 9.57. The molecule has 28 heavy (non-hydrogen) atoms. The number of rotatable bonds is 4. The number of allylic oxidation sites excluding steroid dienone is 1. The first kappa shape index (κ1) is 18.5. The van der Waals surface area contributed by atoms with Crippen LogP contribution in [-0.2, 0) is 16.4 Å². The number of carbonyl (C=O) groups is 1. The summed E-state index contributed by atoms with van der Waals surface area (Å²) in [5, 5.41) is 0. The van der Waals surface area contributed by atoms with Crippen LogP contribution < -0.4 is 14.3 Å². The summed E-state index contributed by atoms with van der Waals surface area (Å²) in [4.78, 5) is 17.5. The maximum atomic E-state index is 12.7. The number of amides is 1. The second kappa shape index (κ2) is 6.92. The minimum absolute atomic E-state index is 0.0783. The molecule has 4 rings (SSSR count). The number of hydrogen-bond donors (Lipinski definition) is 0. The molecule has 0 radical (unpaired) electrons. The van der Waals surface area contributed by atoms with Crippen LogP contribution >= 0.6 is 11.3 Å². The fraction of sp³-hybridized carbons (Fsp3) is 0.158. The van der Waals surface area contributed by atoms with Crippen molar-refractivity contribution in [3.8, 4) is 11.5 Å². The van der Waals surface area contributed by atoms with E-state index in [0.717, 1.165) is 16.5 Å². The van der Waals surface area contributed by atoms with Gasteiger partial charge in [-0.1, -0.05) is 23.5 Å². The van der Waals surface area contributed by atoms with Gasteiger partial charge in [-0.05, 0) is 18.2 Å². The Morgan fingerprint density at radius 3 is 2.75 bits per heavy atom. The van der Waals surface area contributed by atoms with E-state index in [0.29, 0.717) is 22.8 Å². The summed E-state index contributed by atoms with van der Waals surface area (Å²) in [6.07, 6.45) is 2.81. The van der Waals surface area contributed by atoms with Crippen molar-refractivity contribution in [2.75, 3.05) is 13.0 Å². The van der Waals surface area contributed by atoms with Crippen molar-refractivity contribution < 1.29 is 22.7 Å². The highest BCUT2D eigenvalue weighted by atomic mass is 32.2. The van der Waals surface area contributed by atoms with Crippen molar-refractivity contribution in [3.63, 3.8) is 0 Å². The van der Waals surface area contributed by atoms with Crippen LogP contribution in [0.15, 0.2) is 58.9 Å². The van der Waals surface area contributed by atoms with Crippen LogP contribution in [0.3, 0.4) is 0 Å². The molecular formula is C19H16N2O5S2. The van der Waals surface area contributed by atoms with Gasteiger partial charge in [0.1, 0.15) is 0 Å². The van der Waals surface area contributed by atoms with Crippen molar-refractivity contribution in [1.29, 1.82) is 0 Å². The van der Waals surface area contributed by atoms with E-state index in [9.17, 15) is 13.2 Å². The summed E-state index contributed by atoms with van der Waals surface area (Å²) in [7, 11) is -3.41. The van der Waals surface area contributed by atoms with Crippen molar-refractivity contribution in [3.05, 3.63) is 59.4 Å². The molecule has 0 aliphatic carbocycles. The summed E-state index contributed by atoms with van der Waals surface area (Å²) >= 11 is 1.34. The predicted octanol–water partition coefficient (Wildman–Crippen LogP) is 2.76. The van der Waals surface area contributed by atoms with Gasteiger partial charge in [0, 0.05) is 30.5 Å². The third kappa shape index (κ3) is 3.34. The summed E-state index contributed by atoms with van der Waals surface area (Å²) in [5.41, 5.74) is 1.06. The Morgan fingerprint density at radius 2 is 2.04 bits per heavy atom. The van der Waals surface area contributed by atoms with Crippen molar-refractivity contribution >= 4 is 37.3 Å². The molecule has 1 aliphatic heterocycles. The number of ether oxygens (including phenoxy) is 2. The van der Waals surface area contributed by atoms with Gasteiger partial charge in [-0.25, -0.2) is 8.42 Å². The molecule has 144 valence electrons. The van der Waals surface area contributed by atoms with Crippen molar-refractivity contribution in [2.24, 2.45) is 4.99 Å². The van der Waals surface area contributed by atoms with E-state index in [1.165, 1.54) is 29.5 Å². The van der Waals surface area contributed by atoms with Crippen LogP contribution in [0.1, 0.15) is 10.4 Å². The van der Waals surface area contributed by atoms with E-state index < -0.39 is 15.7 Å². The van der Waals surface area contributed by atoms with Crippen LogP contribution in [0, 0.1) is 0 Å². The SMILES string of the molecule is C=CCn1c(=NC(=O)c2cccc(S(C)(=O)=O)c2)sc2cc3c(cc21)OCO3. The number of fused-ring (bicyclic) bond motifs is 2. The number of nitrogens with zero attached hydrogens (tertiary/aromatic N) is 2. The fourth-order valence-corrected chi connectivity index (χ4v) is 4.58. The van der Waals surface area contributed by atoms with Gasteiger partial charge in [0.2, 0.25) is 6.79 Å². The van der Waals surface area contributed by atoms with E-state index >= 15 is 0 Å². The van der Waals surface area contributed by atoms with Gasteiger partial charge in [0.15, 0.2) is 26.1 Å². The van der Waals surface area contributed by atoms with Gasteiger partial charge in [0.25, 0.3) is 5.91 Å². The molecule has 0 unspecified atom stereocenters. The third-order valence-electron chi connectivity index (χ3n) is 4.20. The van der Waals surface area contributed by atoms with Crippen LogP contribution in [-0.4, -0.2) is 31.9 Å². The van der Waals surface area contributed by atoms with Gasteiger partial charge in [-0.2, -0.15) is 4.99 Å². The highest BCUT2D eigenvalue weighted by molar-refractivity contribution is 7.90. The van der Waals surface area contributed by atoms with Crippen LogP contribution in [0.4, 0.5) is 0 Å². The fourth-order valence-electron chi connectivity index (χ4n) is 2.86. The molecule has 1 aliphatic rings. The molecule has 2 heterocycles. The Kier molecular flexibility index (Phi) is 4.56. The number of hydrogen-bond acceptors (Lipinski definition) is 6. The maximum absolute atomic E-state index is 12.7. The highest BCUT2D eigenvalue weighted by Gasteiger charge is 2.18. The topological polar surface area (TPSA) is 87.0 Å². The lowest BCUT2D eigenvalue weighted by Crippen LogP contribution is -2.16. The van der Waals surface area contributed by atoms with E-state index in [4.69, 9.17) is 9.47 Å². The predicted molar refractivity (Wildman–Crippen MR) is 106 cm³/mol. The highest BCUT2D eigenvalue weighted by Crippen LogP contribution is 2.37. The van der Waals surface area contributed by atoms with E-state index in [1.807, 2.05) is 16.7 Å². The smallest absolute Gasteiger partial charge is 0.279 e. The normalized spacial score (nSPS) is 13.8. The standard InChI is InChI=1S/C19H16N2O5S2/c1-3-7-21-14-9-15-16(26-11-25-15)10-17(14)27-19(21)20-18(22)12-5-4-6-13(8-12)28(2,23)24/h3-6,8-10H,1,7,11H2,2H3. The average molecular weight is 416 g/mol. The molecule has 0 fully saturated rings. The molecule has 7 nitrogen and oxygen atoms in total. The zero-order valence-corrected chi connectivity index (χ0v) is 16.5. The zero-order chi connectivity index (χ0) is 19.9. The Morgan fingerprint density at radius 1 is 1.29 bits per heavy atom. The van der Waals surface area contributed by atoms with Crippen LogP contribution in [0.2, 0.25) is 0 Å². The first-order valence-electron chi connectivity index (χ1n) is 8.30. The number of sulfone groups is 1. The first-order valence-corrected chi connectivity index (χ1v) is 11.0. The third-order valence-corrected chi connectivity index (χ3v) is 6.35. The Labute approximate surface area is 165 Å². The van der Waals surface area contributed by atoms with E-state index in [1.54, 1.807) is 12.1 Å². The number of aromatic nitrogens is 1. The molecule has 0 N–H and O–H groups in total. The molecule has 2 aromatic carbocycles. The van der Waals surface area contributed by atoms with E-state index in [2.05, 4.69) is 11.6 Å². The van der Waals surface area contributed by atoms with Gasteiger partial charge < -0.3 is 14.0 Å². The number of thiazole rings is 1. The van der Waals surface area contributed by atoms with Gasteiger partial charge in [0.05, 0.1) is 15.1 Å². The lowest BCUT2D eigenvalue weighted by atomic mass is 10.2. The molecule has 0 bridgehead atoms. The summed E-state index contributed by atoms with van der Waals surface area (Å²) < 4.78 is 37.1. The van der Waals surface area contributed by atoms with Crippen molar-refractivity contribution in [2.45, 2.75) is 11.4 Å². The molecule has 1 amide bonds. The van der Waals surface area contributed by atoms with Crippen molar-refractivity contribution in [1.82, 2.24) is 4.57 Å². The van der Waals surface area contributed by atoms with Crippen LogP contribution in [0.25, 0.3) is 10.2 Å². The van der Waals surface area contributed by atoms with Gasteiger partial charge in [-0.15, -0.1) is 6.58 Å². The molecule has 3 aromatic rings. The minimum Gasteiger partial charge on any atom is -0.454 e. The van der Waals surface area contributed by atoms with Crippen LogP contribution in [0.5, 0.6) is 11.5 Å². The zero-order valence-electron chi connectivity index (χ0n) is 14.9. The Bertz CT molecular complexity index is 1290. The maximum Gasteiger partial charge on any atom is 0.279 e. The Balaban J connectivity index is 1.84. The summed E-state index contributed by atoms with van der Waals surface area (Å²) in [6.45, 7) is 4.40. The second-order valence-electron chi connectivity index (χ2n) is 6.17. The Hall–Kier alpha value is -2.91. The largest absolute Gasteiger partial charge is 0.454 e. The average Bonchev–Trinajstić information content (AvgIpc) is 3.24. The number of benzene rings is 2. The van der Waals surface area contributed by atoms with Gasteiger partial charge >= 0.3 is 0 Å². The lowest BCUT2D eigenvalue weighted by molar-refractivity contribution is 0.0997.